The molecule has 0 spiro atoms. The van der Waals surface area contributed by atoms with Crippen molar-refractivity contribution in [2.45, 2.75) is 14.7 Å². The molecule has 0 saturated carbocycles. The highest BCUT2D eigenvalue weighted by Crippen LogP contribution is 2.42. The van der Waals surface area contributed by atoms with Crippen molar-refractivity contribution in [2.75, 3.05) is 13.7 Å². The maximum absolute atomic E-state index is 12.6. The molecular formula is C17H15Cl4NO5S. The van der Waals surface area contributed by atoms with E-state index in [9.17, 15) is 13.2 Å². The number of hydrogen-bond acceptors (Lipinski definition) is 5. The van der Waals surface area contributed by atoms with Crippen molar-refractivity contribution in [3.05, 3.63) is 59.1 Å². The summed E-state index contributed by atoms with van der Waals surface area (Å²) < 4.78 is 35.3. The van der Waals surface area contributed by atoms with Crippen LogP contribution in [0.3, 0.4) is 0 Å². The van der Waals surface area contributed by atoms with Crippen LogP contribution < -0.4 is 9.46 Å². The molecular weight excluding hydrogens is 472 g/mol. The molecule has 0 bridgehead atoms. The largest absolute Gasteiger partial charge is 0.480 e. The number of carbonyl (C=O) groups excluding carboxylic acids is 1. The molecule has 28 heavy (non-hydrogen) atoms. The van der Waals surface area contributed by atoms with Crippen molar-refractivity contribution in [2.24, 2.45) is 0 Å². The molecule has 2 aromatic carbocycles. The Hall–Kier alpha value is -1.22. The Morgan fingerprint density at radius 2 is 1.79 bits per heavy atom. The zero-order valence-corrected chi connectivity index (χ0v) is 18.2. The Morgan fingerprint density at radius 3 is 2.32 bits per heavy atom. The monoisotopic (exact) mass is 485 g/mol. The highest BCUT2D eigenvalue weighted by Gasteiger charge is 2.37. The molecule has 2 aromatic rings. The Balaban J connectivity index is 2.31. The molecule has 0 fully saturated rings. The summed E-state index contributed by atoms with van der Waals surface area (Å²) in [5, 5.41) is 0.0968. The van der Waals surface area contributed by atoms with Gasteiger partial charge in [-0.2, -0.15) is 4.72 Å². The minimum atomic E-state index is -3.98. The van der Waals surface area contributed by atoms with Crippen LogP contribution in [-0.4, -0.2) is 31.9 Å². The van der Waals surface area contributed by atoms with Gasteiger partial charge in [-0.1, -0.05) is 70.7 Å². The minimum Gasteiger partial charge on any atom is -0.480 e. The summed E-state index contributed by atoms with van der Waals surface area (Å²) in [4.78, 5) is 11.2. The summed E-state index contributed by atoms with van der Waals surface area (Å²) in [5.41, 5.74) is 0.287. The summed E-state index contributed by atoms with van der Waals surface area (Å²) >= 11 is 24.2. The van der Waals surface area contributed by atoms with Gasteiger partial charge in [-0.25, -0.2) is 13.2 Å². The van der Waals surface area contributed by atoms with Crippen LogP contribution in [-0.2, 0) is 19.6 Å². The number of halogens is 4. The number of hydrogen-bond donors (Lipinski definition) is 1. The summed E-state index contributed by atoms with van der Waals surface area (Å²) in [7, 11) is -2.75. The second-order valence-corrected chi connectivity index (χ2v) is 9.95. The third-order valence-corrected chi connectivity index (χ3v) is 5.91. The van der Waals surface area contributed by atoms with E-state index in [4.69, 9.17) is 51.1 Å². The fourth-order valence-corrected chi connectivity index (χ4v) is 4.41. The lowest BCUT2D eigenvalue weighted by atomic mass is 10.1. The van der Waals surface area contributed by atoms with Crippen LogP contribution in [0, 0.1) is 0 Å². The van der Waals surface area contributed by atoms with Gasteiger partial charge in [-0.3, -0.25) is 0 Å². The topological polar surface area (TPSA) is 81.7 Å². The summed E-state index contributed by atoms with van der Waals surface area (Å²) in [6, 6.07) is 10.7. The van der Waals surface area contributed by atoms with Crippen LogP contribution >= 0.6 is 46.4 Å². The molecule has 0 heterocycles. The Morgan fingerprint density at radius 1 is 1.14 bits per heavy atom. The molecule has 6 nitrogen and oxygen atoms in total. The lowest BCUT2D eigenvalue weighted by Crippen LogP contribution is -2.36. The van der Waals surface area contributed by atoms with Crippen molar-refractivity contribution in [3.63, 3.8) is 0 Å². The number of nitrogens with one attached hydrogen (secondary N) is 1. The summed E-state index contributed by atoms with van der Waals surface area (Å²) in [5.74, 6) is -0.403. The van der Waals surface area contributed by atoms with Crippen LogP contribution in [0.5, 0.6) is 5.75 Å². The van der Waals surface area contributed by atoms with E-state index < -0.39 is 25.8 Å². The molecule has 0 aromatic heterocycles. The normalized spacial score (nSPS) is 13.0. The van der Waals surface area contributed by atoms with Gasteiger partial charge in [-0.15, -0.1) is 0 Å². The van der Waals surface area contributed by atoms with Crippen molar-refractivity contribution >= 4 is 62.4 Å². The Bertz CT molecular complexity index is 932. The molecule has 0 saturated heterocycles. The zero-order chi connectivity index (χ0) is 20.9. The fraction of sp³-hybridized carbons (Fsp3) is 0.235. The van der Waals surface area contributed by atoms with E-state index in [0.29, 0.717) is 0 Å². The van der Waals surface area contributed by atoms with Crippen molar-refractivity contribution in [1.82, 2.24) is 4.72 Å². The standard InChI is InChI=1S/C17H15Cl4NO5S/c1-26-15(23)10-27-14-8-7-11(9-13(14)18)16(17(19,20)21)22-28(24,25)12-5-3-2-4-6-12/h2-9,16,22H,10H2,1H3/t16-/m1/s1. The summed E-state index contributed by atoms with van der Waals surface area (Å²) in [6.45, 7) is -0.343. The van der Waals surface area contributed by atoms with Gasteiger partial charge < -0.3 is 9.47 Å². The number of methoxy groups -OCH3 is 1. The highest BCUT2D eigenvalue weighted by molar-refractivity contribution is 7.89. The number of rotatable bonds is 7. The number of ether oxygens (including phenoxy) is 2. The third-order valence-electron chi connectivity index (χ3n) is 3.52. The Labute approximate surface area is 182 Å². The van der Waals surface area contributed by atoms with Gasteiger partial charge in [0.2, 0.25) is 13.8 Å². The third kappa shape index (κ3) is 6.14. The first-order valence-electron chi connectivity index (χ1n) is 7.68. The minimum absolute atomic E-state index is 0.0124. The average molecular weight is 487 g/mol. The lowest BCUT2D eigenvalue weighted by Gasteiger charge is -2.26. The van der Waals surface area contributed by atoms with Gasteiger partial charge in [0.05, 0.1) is 23.1 Å². The van der Waals surface area contributed by atoms with E-state index >= 15 is 0 Å². The predicted molar refractivity (Wildman–Crippen MR) is 109 cm³/mol. The van der Waals surface area contributed by atoms with Crippen molar-refractivity contribution in [3.8, 4) is 5.75 Å². The number of alkyl halides is 3. The average Bonchev–Trinajstić information content (AvgIpc) is 2.64. The first-order valence-corrected chi connectivity index (χ1v) is 10.7. The van der Waals surface area contributed by atoms with Gasteiger partial charge >= 0.3 is 5.97 Å². The molecule has 0 amide bonds. The molecule has 11 heteroatoms. The number of benzene rings is 2. The van der Waals surface area contributed by atoms with E-state index in [1.54, 1.807) is 18.2 Å². The maximum Gasteiger partial charge on any atom is 0.343 e. The fourth-order valence-electron chi connectivity index (χ4n) is 2.16. The molecule has 0 unspecified atom stereocenters. The van der Waals surface area contributed by atoms with E-state index in [-0.39, 0.29) is 27.8 Å². The predicted octanol–water partition coefficient (Wildman–Crippen LogP) is 4.28. The van der Waals surface area contributed by atoms with E-state index in [0.717, 1.165) is 0 Å². The molecule has 0 radical (unpaired) electrons. The zero-order valence-electron chi connectivity index (χ0n) is 14.4. The van der Waals surface area contributed by atoms with Crippen LogP contribution in [0.25, 0.3) is 0 Å². The maximum atomic E-state index is 12.6. The summed E-state index contributed by atoms with van der Waals surface area (Å²) in [6.07, 6.45) is 0. The van der Waals surface area contributed by atoms with Gasteiger partial charge in [0.1, 0.15) is 5.75 Å². The second kappa shape index (κ2) is 9.52. The molecule has 0 aliphatic heterocycles. The van der Waals surface area contributed by atoms with E-state index in [1.165, 1.54) is 37.4 Å². The number of esters is 1. The van der Waals surface area contributed by atoms with Crippen LogP contribution in [0.4, 0.5) is 0 Å². The van der Waals surface area contributed by atoms with Gasteiger partial charge in [-0.05, 0) is 29.8 Å². The van der Waals surface area contributed by atoms with Crippen LogP contribution in [0.2, 0.25) is 5.02 Å². The number of sulfonamides is 1. The van der Waals surface area contributed by atoms with Crippen molar-refractivity contribution in [1.29, 1.82) is 0 Å². The van der Waals surface area contributed by atoms with E-state index in [1.807, 2.05) is 0 Å². The smallest absolute Gasteiger partial charge is 0.343 e. The number of carbonyl (C=O) groups is 1. The first kappa shape index (κ1) is 23.1. The lowest BCUT2D eigenvalue weighted by molar-refractivity contribution is -0.142. The molecule has 1 N–H and O–H groups in total. The van der Waals surface area contributed by atoms with Crippen LogP contribution in [0.15, 0.2) is 53.4 Å². The first-order chi connectivity index (χ1) is 13.0. The van der Waals surface area contributed by atoms with Crippen molar-refractivity contribution < 1.29 is 22.7 Å². The second-order valence-electron chi connectivity index (χ2n) is 5.46. The Kier molecular flexibility index (Phi) is 7.84. The van der Waals surface area contributed by atoms with Gasteiger partial charge in [0.25, 0.3) is 0 Å². The van der Waals surface area contributed by atoms with Gasteiger partial charge in [0.15, 0.2) is 6.61 Å². The highest BCUT2D eigenvalue weighted by atomic mass is 35.6. The molecule has 152 valence electrons. The van der Waals surface area contributed by atoms with Crippen LogP contribution in [0.1, 0.15) is 11.6 Å². The van der Waals surface area contributed by atoms with E-state index in [2.05, 4.69) is 9.46 Å². The quantitative estimate of drug-likeness (QED) is 0.466. The van der Waals surface area contributed by atoms with Gasteiger partial charge in [0, 0.05) is 0 Å². The molecule has 1 atom stereocenters. The SMILES string of the molecule is COC(=O)COc1ccc([C@@H](NS(=O)(=O)c2ccccc2)C(Cl)(Cl)Cl)cc1Cl. The molecule has 0 aliphatic rings. The molecule has 2 rings (SSSR count). The molecule has 0 aliphatic carbocycles.